The number of carbonyl (C=O) groups is 1. The lowest BCUT2D eigenvalue weighted by molar-refractivity contribution is -0.116. The summed E-state index contributed by atoms with van der Waals surface area (Å²) < 4.78 is 3.04. The molecule has 0 saturated heterocycles. The Morgan fingerprint density at radius 3 is 2.91 bits per heavy atom. The van der Waals surface area contributed by atoms with E-state index in [1.54, 1.807) is 0 Å². The van der Waals surface area contributed by atoms with Gasteiger partial charge in [-0.25, -0.2) is 4.98 Å². The van der Waals surface area contributed by atoms with Gasteiger partial charge in [-0.3, -0.25) is 4.79 Å². The number of para-hydroxylation sites is 2. The largest absolute Gasteiger partial charge is 0.338 e. The maximum Gasteiger partial charge on any atom is 0.246 e. The third-order valence-electron chi connectivity index (χ3n) is 3.86. The summed E-state index contributed by atoms with van der Waals surface area (Å²) in [5.74, 6) is -0.0666. The average molecular weight is 321 g/mol. The van der Waals surface area contributed by atoms with Crippen molar-refractivity contribution in [1.82, 2.24) is 9.55 Å². The van der Waals surface area contributed by atoms with Crippen LogP contribution in [0, 0.1) is 6.92 Å². The summed E-state index contributed by atoms with van der Waals surface area (Å²) in [6.07, 6.45) is 1.94. The molecule has 0 unspecified atom stereocenters. The smallest absolute Gasteiger partial charge is 0.246 e. The number of anilines is 1. The summed E-state index contributed by atoms with van der Waals surface area (Å²) in [4.78, 5) is 16.8. The topological polar surface area (TPSA) is 46.9 Å². The predicted molar refractivity (Wildman–Crippen MR) is 94.9 cm³/mol. The molecular formula is C18H15N3OS. The number of fused-ring (bicyclic) bond motifs is 2. The lowest BCUT2D eigenvalue weighted by atomic mass is 10.2. The van der Waals surface area contributed by atoms with Crippen LogP contribution in [-0.4, -0.2) is 15.5 Å². The number of nitrogens with zero attached hydrogens (tertiary/aromatic N) is 2. The molecule has 23 heavy (non-hydrogen) atoms. The molecule has 0 aliphatic carbocycles. The molecule has 1 amide bonds. The highest BCUT2D eigenvalue weighted by Crippen LogP contribution is 2.27. The molecule has 4 aromatic rings. The number of carbonyl (C=O) groups excluding carboxylic acids is 1. The summed E-state index contributed by atoms with van der Waals surface area (Å²) in [6.45, 7) is 2.31. The van der Waals surface area contributed by atoms with Crippen molar-refractivity contribution in [2.75, 3.05) is 5.32 Å². The van der Waals surface area contributed by atoms with E-state index in [1.165, 1.54) is 11.3 Å². The Bertz CT molecular complexity index is 1020. The first-order chi connectivity index (χ1) is 11.2. The minimum atomic E-state index is -0.0666. The van der Waals surface area contributed by atoms with Gasteiger partial charge in [0, 0.05) is 11.7 Å². The summed E-state index contributed by atoms with van der Waals surface area (Å²) in [6, 6.07) is 16.1. The molecule has 2 heterocycles. The number of nitrogens with one attached hydrogen (secondary N) is 1. The monoisotopic (exact) mass is 321 g/mol. The summed E-state index contributed by atoms with van der Waals surface area (Å²) in [7, 11) is 0. The first-order valence-corrected chi connectivity index (χ1v) is 8.22. The highest BCUT2D eigenvalue weighted by Gasteiger charge is 2.10. The second-order valence-electron chi connectivity index (χ2n) is 5.49. The fourth-order valence-corrected chi connectivity index (χ4v) is 3.69. The van der Waals surface area contributed by atoms with Gasteiger partial charge in [-0.2, -0.15) is 0 Å². The molecule has 2 aromatic carbocycles. The first kappa shape index (κ1) is 14.0. The van der Waals surface area contributed by atoms with Gasteiger partial charge >= 0.3 is 0 Å². The molecule has 0 saturated carbocycles. The van der Waals surface area contributed by atoms with Crippen LogP contribution in [0.2, 0.25) is 0 Å². The fraction of sp³-hybridized carbons (Fsp3) is 0.111. The zero-order chi connectivity index (χ0) is 15.8. The van der Waals surface area contributed by atoms with Gasteiger partial charge in [0.15, 0.2) is 5.13 Å². The second-order valence-corrected chi connectivity index (χ2v) is 6.52. The zero-order valence-corrected chi connectivity index (χ0v) is 13.4. The van der Waals surface area contributed by atoms with E-state index in [0.717, 1.165) is 26.7 Å². The molecule has 0 spiro atoms. The molecule has 1 N–H and O–H groups in total. The van der Waals surface area contributed by atoms with Gasteiger partial charge in [-0.1, -0.05) is 41.7 Å². The Kier molecular flexibility index (Phi) is 3.35. The van der Waals surface area contributed by atoms with E-state index >= 15 is 0 Å². The number of rotatable bonds is 3. The van der Waals surface area contributed by atoms with Gasteiger partial charge in [0.25, 0.3) is 0 Å². The number of hydrogen-bond acceptors (Lipinski definition) is 3. The van der Waals surface area contributed by atoms with Crippen LogP contribution in [0.25, 0.3) is 21.1 Å². The van der Waals surface area contributed by atoms with Crippen LogP contribution in [0.5, 0.6) is 0 Å². The van der Waals surface area contributed by atoms with E-state index in [9.17, 15) is 4.79 Å². The zero-order valence-electron chi connectivity index (χ0n) is 12.6. The number of thiazole rings is 1. The van der Waals surface area contributed by atoms with Crippen LogP contribution in [0.1, 0.15) is 5.56 Å². The number of hydrogen-bond donors (Lipinski definition) is 1. The lowest BCUT2D eigenvalue weighted by Gasteiger charge is -2.05. The van der Waals surface area contributed by atoms with Gasteiger partial charge < -0.3 is 9.88 Å². The minimum absolute atomic E-state index is 0.0666. The summed E-state index contributed by atoms with van der Waals surface area (Å²) in [5, 5.41) is 4.69. The van der Waals surface area contributed by atoms with Crippen LogP contribution in [0.4, 0.5) is 5.13 Å². The molecule has 2 aromatic heterocycles. The average Bonchev–Trinajstić information content (AvgIpc) is 3.12. The number of benzene rings is 2. The standard InChI is InChI=1S/C18H15N3OS/c1-12-5-4-8-15-17(12)20-18(23-15)19-16(22)11-21-10-9-13-6-2-3-7-14(13)21/h2-10H,11H2,1H3,(H,19,20,22). The van der Waals surface area contributed by atoms with Gasteiger partial charge in [-0.05, 0) is 36.1 Å². The molecule has 114 valence electrons. The Labute approximate surface area is 137 Å². The van der Waals surface area contributed by atoms with E-state index in [0.29, 0.717) is 5.13 Å². The first-order valence-electron chi connectivity index (χ1n) is 7.40. The molecule has 0 aliphatic rings. The highest BCUT2D eigenvalue weighted by atomic mass is 32.1. The molecule has 0 fully saturated rings. The summed E-state index contributed by atoms with van der Waals surface area (Å²) >= 11 is 1.50. The van der Waals surface area contributed by atoms with Crippen molar-refractivity contribution < 1.29 is 4.79 Å². The van der Waals surface area contributed by atoms with Crippen LogP contribution < -0.4 is 5.32 Å². The van der Waals surface area contributed by atoms with Crippen molar-refractivity contribution in [3.8, 4) is 0 Å². The Balaban J connectivity index is 1.56. The minimum Gasteiger partial charge on any atom is -0.338 e. The normalized spacial score (nSPS) is 11.2. The van der Waals surface area contributed by atoms with E-state index in [4.69, 9.17) is 0 Å². The van der Waals surface area contributed by atoms with E-state index in [2.05, 4.69) is 10.3 Å². The van der Waals surface area contributed by atoms with Crippen molar-refractivity contribution in [2.24, 2.45) is 0 Å². The number of amides is 1. The number of aromatic nitrogens is 2. The van der Waals surface area contributed by atoms with Crippen molar-refractivity contribution in [2.45, 2.75) is 13.5 Å². The third-order valence-corrected chi connectivity index (χ3v) is 4.80. The molecule has 5 heteroatoms. The number of aryl methyl sites for hydroxylation is 1. The maximum absolute atomic E-state index is 12.3. The van der Waals surface area contributed by atoms with Crippen LogP contribution in [-0.2, 0) is 11.3 Å². The summed E-state index contributed by atoms with van der Waals surface area (Å²) in [5.41, 5.74) is 3.14. The van der Waals surface area contributed by atoms with Crippen molar-refractivity contribution in [1.29, 1.82) is 0 Å². The highest BCUT2D eigenvalue weighted by molar-refractivity contribution is 7.22. The van der Waals surface area contributed by atoms with Gasteiger partial charge in [0.05, 0.1) is 10.2 Å². The Morgan fingerprint density at radius 2 is 2.04 bits per heavy atom. The molecule has 0 bridgehead atoms. The Hall–Kier alpha value is -2.66. The molecule has 0 atom stereocenters. The Morgan fingerprint density at radius 1 is 1.17 bits per heavy atom. The SMILES string of the molecule is Cc1cccc2sc(NC(=O)Cn3ccc4ccccc43)nc12. The van der Waals surface area contributed by atoms with Crippen molar-refractivity contribution in [3.63, 3.8) is 0 Å². The molecular weight excluding hydrogens is 306 g/mol. The van der Waals surface area contributed by atoms with Crippen LogP contribution in [0.3, 0.4) is 0 Å². The molecule has 4 rings (SSSR count). The van der Waals surface area contributed by atoms with Crippen molar-refractivity contribution in [3.05, 3.63) is 60.3 Å². The van der Waals surface area contributed by atoms with Crippen LogP contribution in [0.15, 0.2) is 54.7 Å². The quantitative estimate of drug-likeness (QED) is 0.615. The van der Waals surface area contributed by atoms with Crippen LogP contribution >= 0.6 is 11.3 Å². The predicted octanol–water partition coefficient (Wildman–Crippen LogP) is 4.20. The van der Waals surface area contributed by atoms with E-state index in [1.807, 2.05) is 66.2 Å². The van der Waals surface area contributed by atoms with E-state index < -0.39 is 0 Å². The second kappa shape index (κ2) is 5.52. The lowest BCUT2D eigenvalue weighted by Crippen LogP contribution is -2.18. The molecule has 0 aliphatic heterocycles. The van der Waals surface area contributed by atoms with E-state index in [-0.39, 0.29) is 12.5 Å². The molecule has 0 radical (unpaired) electrons. The van der Waals surface area contributed by atoms with Gasteiger partial charge in [0.1, 0.15) is 6.54 Å². The van der Waals surface area contributed by atoms with Gasteiger partial charge in [-0.15, -0.1) is 0 Å². The maximum atomic E-state index is 12.3. The third kappa shape index (κ3) is 2.59. The van der Waals surface area contributed by atoms with Gasteiger partial charge in [0.2, 0.25) is 5.91 Å². The molecule has 4 nitrogen and oxygen atoms in total. The van der Waals surface area contributed by atoms with Crippen molar-refractivity contribution >= 4 is 43.5 Å². The fourth-order valence-electron chi connectivity index (χ4n) is 2.73.